The predicted molar refractivity (Wildman–Crippen MR) is 130 cm³/mol. The zero-order chi connectivity index (χ0) is 24.4. The molecule has 9 nitrogen and oxygen atoms in total. The number of amides is 3. The van der Waals surface area contributed by atoms with E-state index in [1.807, 2.05) is 36.4 Å². The lowest BCUT2D eigenvalue weighted by Gasteiger charge is -2.39. The van der Waals surface area contributed by atoms with Gasteiger partial charge in [0.1, 0.15) is 6.61 Å². The number of hydrogen-bond donors (Lipinski definition) is 1. The third-order valence-corrected chi connectivity index (χ3v) is 7.12. The summed E-state index contributed by atoms with van der Waals surface area (Å²) in [6.07, 6.45) is 4.56. The first kappa shape index (κ1) is 22.9. The fourth-order valence-electron chi connectivity index (χ4n) is 5.39. The lowest BCUT2D eigenvalue weighted by molar-refractivity contribution is -0.119. The SMILES string of the molecule is C=CCOC(=O)N1CC[C@H]2C(c3ccccn3)Nc3ccc(C(=O)N4CCN(C=O)CC4)cc3[C@H]21. The second-order valence-corrected chi connectivity index (χ2v) is 9.07. The second kappa shape index (κ2) is 9.77. The largest absolute Gasteiger partial charge is 0.445 e. The molecule has 0 radical (unpaired) electrons. The van der Waals surface area contributed by atoms with Crippen LogP contribution in [0.5, 0.6) is 0 Å². The standard InChI is InChI=1S/C26H29N5O4/c1-2-15-35-26(34)31-10-8-19-23(22-5-3-4-9-27-22)28-21-7-6-18(16-20(21)24(19)31)25(33)30-13-11-29(17-32)12-14-30/h2-7,9,16-17,19,23-24,28H,1,8,10-15H2/t19-,23?,24-/m0/s1. The van der Waals surface area contributed by atoms with Crippen LogP contribution in [0.3, 0.4) is 0 Å². The summed E-state index contributed by atoms with van der Waals surface area (Å²) < 4.78 is 5.40. The number of piperazine rings is 1. The van der Waals surface area contributed by atoms with Crippen molar-refractivity contribution in [2.75, 3.05) is 44.6 Å². The molecule has 4 heterocycles. The Balaban J connectivity index is 1.48. The van der Waals surface area contributed by atoms with E-state index in [9.17, 15) is 14.4 Å². The van der Waals surface area contributed by atoms with Crippen LogP contribution >= 0.6 is 0 Å². The molecule has 5 rings (SSSR count). The third kappa shape index (κ3) is 4.34. The van der Waals surface area contributed by atoms with Crippen LogP contribution in [-0.4, -0.2) is 77.4 Å². The molecule has 0 spiro atoms. The van der Waals surface area contributed by atoms with Crippen molar-refractivity contribution in [1.82, 2.24) is 19.7 Å². The third-order valence-electron chi connectivity index (χ3n) is 7.12. The molecule has 0 saturated carbocycles. The highest BCUT2D eigenvalue weighted by molar-refractivity contribution is 5.95. The van der Waals surface area contributed by atoms with Crippen molar-refractivity contribution in [2.24, 2.45) is 5.92 Å². The first-order valence-electron chi connectivity index (χ1n) is 11.9. The van der Waals surface area contributed by atoms with Gasteiger partial charge in [0.15, 0.2) is 0 Å². The maximum absolute atomic E-state index is 13.3. The molecule has 3 atom stereocenters. The van der Waals surface area contributed by atoms with Crippen molar-refractivity contribution in [2.45, 2.75) is 18.5 Å². The molecule has 35 heavy (non-hydrogen) atoms. The van der Waals surface area contributed by atoms with Crippen LogP contribution in [0.4, 0.5) is 10.5 Å². The van der Waals surface area contributed by atoms with E-state index in [4.69, 9.17) is 4.74 Å². The molecule has 3 aliphatic rings. The van der Waals surface area contributed by atoms with Gasteiger partial charge < -0.3 is 24.8 Å². The summed E-state index contributed by atoms with van der Waals surface area (Å²) in [7, 11) is 0. The van der Waals surface area contributed by atoms with Crippen molar-refractivity contribution >= 4 is 24.1 Å². The average Bonchev–Trinajstić information content (AvgIpc) is 3.37. The molecule has 3 amide bonds. The number of nitrogens with one attached hydrogen (secondary N) is 1. The molecule has 1 aromatic carbocycles. The molecule has 182 valence electrons. The monoisotopic (exact) mass is 475 g/mol. The summed E-state index contributed by atoms with van der Waals surface area (Å²) in [5.74, 6) is 0.00991. The number of pyridine rings is 1. The van der Waals surface area contributed by atoms with Crippen molar-refractivity contribution < 1.29 is 19.1 Å². The number of ether oxygens (including phenoxy) is 1. The number of fused-ring (bicyclic) bond motifs is 3. The summed E-state index contributed by atoms with van der Waals surface area (Å²) >= 11 is 0. The zero-order valence-electron chi connectivity index (χ0n) is 19.5. The van der Waals surface area contributed by atoms with E-state index in [2.05, 4.69) is 16.9 Å². The van der Waals surface area contributed by atoms with Gasteiger partial charge in [-0.2, -0.15) is 0 Å². The number of rotatable bonds is 5. The van der Waals surface area contributed by atoms with Crippen molar-refractivity contribution in [3.05, 3.63) is 72.1 Å². The van der Waals surface area contributed by atoms with Gasteiger partial charge in [0.2, 0.25) is 6.41 Å². The van der Waals surface area contributed by atoms with Crippen LogP contribution in [-0.2, 0) is 9.53 Å². The number of benzene rings is 1. The second-order valence-electron chi connectivity index (χ2n) is 9.07. The van der Waals surface area contributed by atoms with Crippen molar-refractivity contribution in [3.8, 4) is 0 Å². The molecule has 1 aromatic heterocycles. The topological polar surface area (TPSA) is 95.1 Å². The van der Waals surface area contributed by atoms with Crippen LogP contribution in [0, 0.1) is 5.92 Å². The van der Waals surface area contributed by atoms with Crippen molar-refractivity contribution in [3.63, 3.8) is 0 Å². The molecular formula is C26H29N5O4. The van der Waals surface area contributed by atoms with Crippen LogP contribution in [0.2, 0.25) is 0 Å². The lowest BCUT2D eigenvalue weighted by Crippen LogP contribution is -2.48. The molecular weight excluding hydrogens is 446 g/mol. The number of nitrogens with zero attached hydrogens (tertiary/aromatic N) is 4. The number of hydrogen-bond acceptors (Lipinski definition) is 6. The molecule has 1 unspecified atom stereocenters. The minimum absolute atomic E-state index is 0.0659. The Labute approximate surface area is 204 Å². The molecule has 2 aromatic rings. The van der Waals surface area contributed by atoms with Gasteiger partial charge in [-0.1, -0.05) is 18.7 Å². The Morgan fingerprint density at radius 2 is 1.97 bits per heavy atom. The molecule has 0 aliphatic carbocycles. The maximum atomic E-state index is 13.3. The van der Waals surface area contributed by atoms with Gasteiger partial charge in [0.25, 0.3) is 5.91 Å². The predicted octanol–water partition coefficient (Wildman–Crippen LogP) is 2.85. The summed E-state index contributed by atoms with van der Waals surface area (Å²) in [5, 5.41) is 3.62. The van der Waals surface area contributed by atoms with E-state index in [0.29, 0.717) is 38.3 Å². The Kier molecular flexibility index (Phi) is 6.39. The molecule has 1 N–H and O–H groups in total. The molecule has 9 heteroatoms. The van der Waals surface area contributed by atoms with Gasteiger partial charge in [0.05, 0.1) is 17.8 Å². The number of carbonyl (C=O) groups is 3. The fourth-order valence-corrected chi connectivity index (χ4v) is 5.39. The average molecular weight is 476 g/mol. The van der Waals surface area contributed by atoms with E-state index >= 15 is 0 Å². The quantitative estimate of drug-likeness (QED) is 0.528. The molecule has 2 fully saturated rings. The van der Waals surface area contributed by atoms with Gasteiger partial charge in [0, 0.05) is 56.1 Å². The minimum atomic E-state index is -0.383. The maximum Gasteiger partial charge on any atom is 0.410 e. The van der Waals surface area contributed by atoms with E-state index in [1.54, 1.807) is 27.0 Å². The first-order chi connectivity index (χ1) is 17.1. The zero-order valence-corrected chi connectivity index (χ0v) is 19.5. The van der Waals surface area contributed by atoms with Crippen LogP contribution in [0.1, 0.15) is 40.1 Å². The fraction of sp³-hybridized carbons (Fsp3) is 0.385. The Morgan fingerprint density at radius 1 is 1.14 bits per heavy atom. The Bertz CT molecular complexity index is 1120. The van der Waals surface area contributed by atoms with Gasteiger partial charge >= 0.3 is 6.09 Å². The lowest BCUT2D eigenvalue weighted by atomic mass is 9.81. The summed E-state index contributed by atoms with van der Waals surface area (Å²) in [6.45, 7) is 6.40. The molecule has 3 aliphatic heterocycles. The normalized spacial score (nSPS) is 23.1. The minimum Gasteiger partial charge on any atom is -0.445 e. The Morgan fingerprint density at radius 3 is 2.69 bits per heavy atom. The number of anilines is 1. The van der Waals surface area contributed by atoms with E-state index in [-0.39, 0.29) is 36.6 Å². The van der Waals surface area contributed by atoms with Crippen LogP contribution < -0.4 is 5.32 Å². The van der Waals surface area contributed by atoms with E-state index in [0.717, 1.165) is 29.8 Å². The highest BCUT2D eigenvalue weighted by atomic mass is 16.6. The van der Waals surface area contributed by atoms with Crippen LogP contribution in [0.15, 0.2) is 55.3 Å². The van der Waals surface area contributed by atoms with Gasteiger partial charge in [-0.15, -0.1) is 0 Å². The highest BCUT2D eigenvalue weighted by Crippen LogP contribution is 2.51. The number of carbonyl (C=O) groups excluding carboxylic acids is 3. The van der Waals surface area contributed by atoms with Gasteiger partial charge in [-0.05, 0) is 42.3 Å². The van der Waals surface area contributed by atoms with Gasteiger partial charge in [-0.3, -0.25) is 14.6 Å². The Hall–Kier alpha value is -3.88. The highest BCUT2D eigenvalue weighted by Gasteiger charge is 2.47. The number of likely N-dealkylation sites (tertiary alicyclic amines) is 1. The number of aromatic nitrogens is 1. The smallest absolute Gasteiger partial charge is 0.410 e. The van der Waals surface area contributed by atoms with E-state index < -0.39 is 0 Å². The first-order valence-corrected chi connectivity index (χ1v) is 11.9. The molecule has 2 saturated heterocycles. The van der Waals surface area contributed by atoms with E-state index in [1.165, 1.54) is 0 Å². The summed E-state index contributed by atoms with van der Waals surface area (Å²) in [5.41, 5.74) is 3.29. The van der Waals surface area contributed by atoms with Crippen LogP contribution in [0.25, 0.3) is 0 Å². The summed E-state index contributed by atoms with van der Waals surface area (Å²) in [6, 6.07) is 11.2. The summed E-state index contributed by atoms with van der Waals surface area (Å²) in [4.78, 5) is 47.0. The van der Waals surface area contributed by atoms with Gasteiger partial charge in [-0.25, -0.2) is 4.79 Å². The van der Waals surface area contributed by atoms with Crippen molar-refractivity contribution in [1.29, 1.82) is 0 Å². The molecule has 0 bridgehead atoms.